The highest BCUT2D eigenvalue weighted by atomic mass is 79.9. The number of hydrogen-bond acceptors (Lipinski definition) is 4. The van der Waals surface area contributed by atoms with Crippen LogP contribution in [0.1, 0.15) is 29.8 Å². The van der Waals surface area contributed by atoms with E-state index in [1.165, 1.54) is 6.08 Å². The van der Waals surface area contributed by atoms with E-state index in [2.05, 4.69) is 26.6 Å². The van der Waals surface area contributed by atoms with Gasteiger partial charge in [-0.15, -0.1) is 0 Å². The monoisotopic (exact) mass is 443 g/mol. The standard InChI is InChI=1S/C21H21BrN2O4/c1-13(2)18(21(27)28)24-20(26)17(12-14-8-10-16(22)11-9-14)23-19(25)15-6-4-3-5-7-15/h3-13,18H,1-2H3,(H,23,25)(H,24,26)(H,27,28)/p-1/b17-12-/t18-/m1/s1. The summed E-state index contributed by atoms with van der Waals surface area (Å²) in [5.74, 6) is -2.96. The third kappa shape index (κ3) is 6.06. The van der Waals surface area contributed by atoms with Crippen molar-refractivity contribution in [3.63, 3.8) is 0 Å². The van der Waals surface area contributed by atoms with E-state index < -0.39 is 23.8 Å². The van der Waals surface area contributed by atoms with Crippen LogP contribution in [0.5, 0.6) is 0 Å². The molecule has 2 aromatic carbocycles. The van der Waals surface area contributed by atoms with E-state index in [1.807, 2.05) is 0 Å². The number of carboxylic acids is 1. The molecule has 0 aromatic heterocycles. The number of aliphatic carboxylic acids is 1. The van der Waals surface area contributed by atoms with Gasteiger partial charge >= 0.3 is 0 Å². The van der Waals surface area contributed by atoms with E-state index in [0.717, 1.165) is 4.47 Å². The zero-order valence-electron chi connectivity index (χ0n) is 15.4. The van der Waals surface area contributed by atoms with E-state index in [-0.39, 0.29) is 11.6 Å². The Hall–Kier alpha value is -2.93. The molecule has 6 nitrogen and oxygen atoms in total. The lowest BCUT2D eigenvalue weighted by molar-refractivity contribution is -0.309. The van der Waals surface area contributed by atoms with E-state index >= 15 is 0 Å². The van der Waals surface area contributed by atoms with Crippen molar-refractivity contribution in [2.75, 3.05) is 0 Å². The number of carbonyl (C=O) groups is 3. The highest BCUT2D eigenvalue weighted by Gasteiger charge is 2.21. The molecule has 146 valence electrons. The van der Waals surface area contributed by atoms with Gasteiger partial charge in [-0.25, -0.2) is 0 Å². The van der Waals surface area contributed by atoms with Crippen molar-refractivity contribution in [1.82, 2.24) is 10.6 Å². The molecular weight excluding hydrogens is 424 g/mol. The Morgan fingerprint density at radius 3 is 2.14 bits per heavy atom. The lowest BCUT2D eigenvalue weighted by Crippen LogP contribution is -2.52. The van der Waals surface area contributed by atoms with Crippen LogP contribution in [0.3, 0.4) is 0 Å². The van der Waals surface area contributed by atoms with Crippen LogP contribution in [-0.2, 0) is 9.59 Å². The first-order valence-electron chi connectivity index (χ1n) is 8.63. The third-order valence-corrected chi connectivity index (χ3v) is 4.45. The molecule has 0 spiro atoms. The molecule has 2 N–H and O–H groups in total. The summed E-state index contributed by atoms with van der Waals surface area (Å²) in [5, 5.41) is 16.3. The topological polar surface area (TPSA) is 98.3 Å². The minimum Gasteiger partial charge on any atom is -0.548 e. The van der Waals surface area contributed by atoms with E-state index in [9.17, 15) is 19.5 Å². The van der Waals surface area contributed by atoms with E-state index in [4.69, 9.17) is 0 Å². The number of amides is 2. The average molecular weight is 444 g/mol. The second-order valence-electron chi connectivity index (χ2n) is 6.44. The highest BCUT2D eigenvalue weighted by molar-refractivity contribution is 9.10. The van der Waals surface area contributed by atoms with Gasteiger partial charge in [-0.1, -0.05) is 60.1 Å². The smallest absolute Gasteiger partial charge is 0.268 e. The summed E-state index contributed by atoms with van der Waals surface area (Å²) in [4.78, 5) is 36.5. The lowest BCUT2D eigenvalue weighted by Gasteiger charge is -2.24. The maximum absolute atomic E-state index is 12.7. The van der Waals surface area contributed by atoms with E-state index in [1.54, 1.807) is 68.4 Å². The lowest BCUT2D eigenvalue weighted by atomic mass is 10.0. The van der Waals surface area contributed by atoms with Crippen LogP contribution < -0.4 is 15.7 Å². The molecule has 0 aliphatic carbocycles. The molecule has 1 atom stereocenters. The second kappa shape index (κ2) is 9.85. The van der Waals surface area contributed by atoms with Crippen LogP contribution in [0.15, 0.2) is 64.8 Å². The Morgan fingerprint density at radius 2 is 1.61 bits per heavy atom. The number of carbonyl (C=O) groups excluding carboxylic acids is 3. The third-order valence-electron chi connectivity index (χ3n) is 3.92. The fourth-order valence-corrected chi connectivity index (χ4v) is 2.65. The Morgan fingerprint density at radius 1 is 1.00 bits per heavy atom. The molecular formula is C21H20BrN2O4-. The predicted octanol–water partition coefficient (Wildman–Crippen LogP) is 2.11. The van der Waals surface area contributed by atoms with Gasteiger partial charge in [0.15, 0.2) is 0 Å². The fourth-order valence-electron chi connectivity index (χ4n) is 2.38. The van der Waals surface area contributed by atoms with Crippen LogP contribution in [0.2, 0.25) is 0 Å². The number of rotatable bonds is 7. The van der Waals surface area contributed by atoms with Crippen molar-refractivity contribution in [3.8, 4) is 0 Å². The van der Waals surface area contributed by atoms with Gasteiger partial charge in [-0.2, -0.15) is 0 Å². The zero-order chi connectivity index (χ0) is 20.7. The Labute approximate surface area is 171 Å². The molecule has 0 bridgehead atoms. The molecule has 2 aromatic rings. The summed E-state index contributed by atoms with van der Waals surface area (Å²) < 4.78 is 0.862. The normalized spacial score (nSPS) is 12.4. The van der Waals surface area contributed by atoms with Crippen LogP contribution in [0.4, 0.5) is 0 Å². The van der Waals surface area contributed by atoms with Crippen molar-refractivity contribution in [3.05, 3.63) is 75.9 Å². The Balaban J connectivity index is 2.32. The maximum Gasteiger partial charge on any atom is 0.268 e. The summed E-state index contributed by atoms with van der Waals surface area (Å²) in [6.45, 7) is 3.31. The van der Waals surface area contributed by atoms with Gasteiger partial charge in [0.1, 0.15) is 5.70 Å². The largest absolute Gasteiger partial charge is 0.548 e. The van der Waals surface area contributed by atoms with Crippen LogP contribution in [0, 0.1) is 5.92 Å². The average Bonchev–Trinajstić information content (AvgIpc) is 2.67. The van der Waals surface area contributed by atoms with Gasteiger partial charge < -0.3 is 20.5 Å². The molecule has 0 radical (unpaired) electrons. The molecule has 7 heteroatoms. The van der Waals surface area contributed by atoms with Gasteiger partial charge in [0.05, 0.1) is 12.0 Å². The molecule has 0 saturated heterocycles. The van der Waals surface area contributed by atoms with Crippen molar-refractivity contribution < 1.29 is 19.5 Å². The van der Waals surface area contributed by atoms with Crippen molar-refractivity contribution >= 4 is 39.8 Å². The van der Waals surface area contributed by atoms with Gasteiger partial charge in [0.2, 0.25) is 0 Å². The molecule has 2 amide bonds. The summed E-state index contributed by atoms with van der Waals surface area (Å²) in [7, 11) is 0. The minimum absolute atomic E-state index is 0.0666. The van der Waals surface area contributed by atoms with Crippen LogP contribution in [0.25, 0.3) is 6.08 Å². The summed E-state index contributed by atoms with van der Waals surface area (Å²) in [6.07, 6.45) is 1.48. The summed E-state index contributed by atoms with van der Waals surface area (Å²) in [6, 6.07) is 14.3. The van der Waals surface area contributed by atoms with Crippen molar-refractivity contribution in [1.29, 1.82) is 0 Å². The van der Waals surface area contributed by atoms with E-state index in [0.29, 0.717) is 11.1 Å². The molecule has 0 aliphatic heterocycles. The molecule has 0 fully saturated rings. The van der Waals surface area contributed by atoms with Gasteiger partial charge in [0, 0.05) is 10.0 Å². The summed E-state index contributed by atoms with van der Waals surface area (Å²) in [5.41, 5.74) is 0.969. The SMILES string of the molecule is CC(C)[C@@H](NC(=O)/C(=C/c1ccc(Br)cc1)NC(=O)c1ccccc1)C(=O)[O-]. The molecule has 0 aliphatic rings. The number of hydrogen-bond donors (Lipinski definition) is 2. The number of nitrogens with one attached hydrogen (secondary N) is 2. The van der Waals surface area contributed by atoms with Crippen molar-refractivity contribution in [2.24, 2.45) is 5.92 Å². The quantitative estimate of drug-likeness (QED) is 0.640. The van der Waals surface area contributed by atoms with Crippen LogP contribution >= 0.6 is 15.9 Å². The summed E-state index contributed by atoms with van der Waals surface area (Å²) >= 11 is 3.33. The molecule has 2 rings (SSSR count). The number of halogens is 1. The first-order valence-corrected chi connectivity index (χ1v) is 9.42. The maximum atomic E-state index is 12.7. The molecule has 0 saturated carbocycles. The number of benzene rings is 2. The van der Waals surface area contributed by atoms with Gasteiger partial charge in [-0.05, 0) is 41.8 Å². The van der Waals surface area contributed by atoms with Crippen molar-refractivity contribution in [2.45, 2.75) is 19.9 Å². The highest BCUT2D eigenvalue weighted by Crippen LogP contribution is 2.13. The Bertz CT molecular complexity index is 877. The Kier molecular flexibility index (Phi) is 7.52. The zero-order valence-corrected chi connectivity index (χ0v) is 17.0. The first-order chi connectivity index (χ1) is 13.3. The molecule has 28 heavy (non-hydrogen) atoms. The van der Waals surface area contributed by atoms with Gasteiger partial charge in [0.25, 0.3) is 11.8 Å². The molecule has 0 unspecified atom stereocenters. The molecule has 0 heterocycles. The predicted molar refractivity (Wildman–Crippen MR) is 108 cm³/mol. The fraction of sp³-hybridized carbons (Fsp3) is 0.190. The van der Waals surface area contributed by atoms with Gasteiger partial charge in [-0.3, -0.25) is 9.59 Å². The minimum atomic E-state index is -1.39. The second-order valence-corrected chi connectivity index (χ2v) is 7.36. The first kappa shape index (κ1) is 21.4. The number of carboxylic acid groups (broad SMARTS) is 1. The van der Waals surface area contributed by atoms with Crippen LogP contribution in [-0.4, -0.2) is 23.8 Å².